The van der Waals surface area contributed by atoms with E-state index in [9.17, 15) is 13.2 Å². The van der Waals surface area contributed by atoms with E-state index in [1.807, 2.05) is 24.3 Å². The second-order valence-electron chi connectivity index (χ2n) is 7.73. The molecule has 8 nitrogen and oxygen atoms in total. The van der Waals surface area contributed by atoms with Gasteiger partial charge in [0.25, 0.3) is 0 Å². The minimum absolute atomic E-state index is 0.139. The fraction of sp³-hybridized carbons (Fsp3) is 0.318. The van der Waals surface area contributed by atoms with Crippen LogP contribution in [0.15, 0.2) is 68.5 Å². The van der Waals surface area contributed by atoms with Crippen molar-refractivity contribution in [2.24, 2.45) is 5.92 Å². The molecule has 0 radical (unpaired) electrons. The number of halogens is 1. The number of hydrogen-bond acceptors (Lipinski definition) is 6. The zero-order chi connectivity index (χ0) is 22.7. The van der Waals surface area contributed by atoms with Crippen LogP contribution in [0.1, 0.15) is 18.7 Å². The molecule has 1 aliphatic heterocycles. The molecule has 1 amide bonds. The van der Waals surface area contributed by atoms with Gasteiger partial charge in [-0.3, -0.25) is 4.79 Å². The average Bonchev–Trinajstić information content (AvgIpc) is 3.28. The minimum Gasteiger partial charge on any atom is -0.337 e. The Bertz CT molecular complexity index is 1200. The topological polar surface area (TPSA) is 96.6 Å². The molecule has 1 saturated heterocycles. The van der Waals surface area contributed by atoms with Crippen molar-refractivity contribution in [2.75, 3.05) is 20.1 Å². The third-order valence-electron chi connectivity index (χ3n) is 5.41. The molecule has 2 heterocycles. The molecule has 2 aromatic carbocycles. The van der Waals surface area contributed by atoms with E-state index in [4.69, 9.17) is 4.52 Å². The minimum atomic E-state index is -3.63. The lowest BCUT2D eigenvalue weighted by Crippen LogP contribution is -2.45. The van der Waals surface area contributed by atoms with Crippen LogP contribution in [0.2, 0.25) is 0 Å². The summed E-state index contributed by atoms with van der Waals surface area (Å²) in [5.41, 5.74) is 0.803. The van der Waals surface area contributed by atoms with Crippen LogP contribution in [-0.2, 0) is 21.4 Å². The van der Waals surface area contributed by atoms with E-state index in [-0.39, 0.29) is 23.9 Å². The van der Waals surface area contributed by atoms with Gasteiger partial charge in [0.05, 0.1) is 17.4 Å². The van der Waals surface area contributed by atoms with E-state index in [1.165, 1.54) is 9.21 Å². The first-order chi connectivity index (χ1) is 15.3. The number of rotatable bonds is 6. The second-order valence-corrected chi connectivity index (χ2v) is 10.6. The number of nitrogens with zero attached hydrogens (tertiary/aromatic N) is 4. The molecule has 32 heavy (non-hydrogen) atoms. The first-order valence-electron chi connectivity index (χ1n) is 10.2. The number of piperidine rings is 1. The number of hydrogen-bond donors (Lipinski definition) is 0. The van der Waals surface area contributed by atoms with Crippen molar-refractivity contribution in [3.05, 3.63) is 65.0 Å². The summed E-state index contributed by atoms with van der Waals surface area (Å²) in [5, 5.41) is 4.00. The van der Waals surface area contributed by atoms with E-state index in [0.29, 0.717) is 31.1 Å². The summed E-state index contributed by atoms with van der Waals surface area (Å²) in [6.07, 6.45) is 1.26. The Morgan fingerprint density at radius 2 is 2.00 bits per heavy atom. The van der Waals surface area contributed by atoms with Gasteiger partial charge in [-0.15, -0.1) is 0 Å². The van der Waals surface area contributed by atoms with Crippen molar-refractivity contribution in [2.45, 2.75) is 24.3 Å². The Morgan fingerprint density at radius 1 is 1.22 bits per heavy atom. The molecule has 10 heteroatoms. The van der Waals surface area contributed by atoms with E-state index in [1.54, 1.807) is 37.4 Å². The molecule has 1 atom stereocenters. The van der Waals surface area contributed by atoms with Gasteiger partial charge in [0.15, 0.2) is 0 Å². The normalized spacial score (nSPS) is 17.2. The lowest BCUT2D eigenvalue weighted by atomic mass is 9.98. The molecule has 0 aliphatic carbocycles. The highest BCUT2D eigenvalue weighted by Gasteiger charge is 2.34. The molecule has 0 N–H and O–H groups in total. The first kappa shape index (κ1) is 22.6. The summed E-state index contributed by atoms with van der Waals surface area (Å²) in [6, 6.07) is 15.9. The van der Waals surface area contributed by atoms with Crippen LogP contribution in [0.25, 0.3) is 11.4 Å². The van der Waals surface area contributed by atoms with Gasteiger partial charge in [-0.05, 0) is 37.1 Å². The lowest BCUT2D eigenvalue weighted by Gasteiger charge is -2.33. The summed E-state index contributed by atoms with van der Waals surface area (Å²) in [6.45, 7) is 0.722. The molecule has 1 aliphatic rings. The van der Waals surface area contributed by atoms with E-state index in [2.05, 4.69) is 26.1 Å². The summed E-state index contributed by atoms with van der Waals surface area (Å²) >= 11 is 3.42. The highest BCUT2D eigenvalue weighted by Crippen LogP contribution is 2.25. The third-order valence-corrected chi connectivity index (χ3v) is 7.79. The van der Waals surface area contributed by atoms with E-state index >= 15 is 0 Å². The summed E-state index contributed by atoms with van der Waals surface area (Å²) < 4.78 is 33.5. The molecular weight excluding hydrogens is 496 g/mol. The fourth-order valence-corrected chi connectivity index (χ4v) is 5.70. The van der Waals surface area contributed by atoms with Crippen LogP contribution < -0.4 is 0 Å². The number of carbonyl (C=O) groups excluding carboxylic acids is 1. The Morgan fingerprint density at radius 3 is 2.75 bits per heavy atom. The first-order valence-corrected chi connectivity index (χ1v) is 12.5. The predicted octanol–water partition coefficient (Wildman–Crippen LogP) is 3.56. The van der Waals surface area contributed by atoms with Crippen LogP contribution in [0.3, 0.4) is 0 Å². The van der Waals surface area contributed by atoms with Crippen molar-refractivity contribution in [1.29, 1.82) is 0 Å². The van der Waals surface area contributed by atoms with Crippen LogP contribution in [0.5, 0.6) is 0 Å². The van der Waals surface area contributed by atoms with Gasteiger partial charge < -0.3 is 9.42 Å². The van der Waals surface area contributed by atoms with Crippen LogP contribution in [0, 0.1) is 5.92 Å². The zero-order valence-electron chi connectivity index (χ0n) is 17.5. The van der Waals surface area contributed by atoms with Gasteiger partial charge in [0.1, 0.15) is 0 Å². The smallest absolute Gasteiger partial charge is 0.246 e. The molecule has 1 fully saturated rings. The largest absolute Gasteiger partial charge is 0.337 e. The summed E-state index contributed by atoms with van der Waals surface area (Å²) in [4.78, 5) is 19.2. The maximum Gasteiger partial charge on any atom is 0.246 e. The highest BCUT2D eigenvalue weighted by molar-refractivity contribution is 9.10. The SMILES string of the molecule is CN(Cc1nc(-c2cccc(Br)c2)no1)C(=O)[C@H]1CCCN(S(=O)(=O)c2ccccc2)C1. The van der Waals surface area contributed by atoms with Gasteiger partial charge in [0.2, 0.25) is 27.6 Å². The Balaban J connectivity index is 1.42. The van der Waals surface area contributed by atoms with Gasteiger partial charge >= 0.3 is 0 Å². The van der Waals surface area contributed by atoms with Crippen LogP contribution >= 0.6 is 15.9 Å². The van der Waals surface area contributed by atoms with Crippen LogP contribution in [-0.4, -0.2) is 53.8 Å². The number of sulfonamides is 1. The van der Waals surface area contributed by atoms with Crippen molar-refractivity contribution in [3.63, 3.8) is 0 Å². The molecule has 0 spiro atoms. The molecule has 1 aromatic heterocycles. The van der Waals surface area contributed by atoms with Gasteiger partial charge in [-0.1, -0.05) is 51.4 Å². The van der Waals surface area contributed by atoms with Crippen molar-refractivity contribution in [3.8, 4) is 11.4 Å². The Hall–Kier alpha value is -2.56. The molecular formula is C22H23BrN4O4S. The quantitative estimate of drug-likeness (QED) is 0.494. The highest BCUT2D eigenvalue weighted by atomic mass is 79.9. The molecule has 0 unspecified atom stereocenters. The van der Waals surface area contributed by atoms with Crippen molar-refractivity contribution < 1.29 is 17.7 Å². The predicted molar refractivity (Wildman–Crippen MR) is 122 cm³/mol. The number of benzene rings is 2. The van der Waals surface area contributed by atoms with Gasteiger partial charge in [0, 0.05) is 30.2 Å². The standard InChI is InChI=1S/C22H23BrN4O4S/c1-26(15-20-24-21(25-31-20)16-7-5-9-18(23)13-16)22(28)17-8-6-12-27(14-17)32(29,30)19-10-3-2-4-11-19/h2-5,7,9-11,13,17H,6,8,12,14-15H2,1H3/t17-/m0/s1. The maximum atomic E-state index is 13.0. The molecule has 168 valence electrons. The summed E-state index contributed by atoms with van der Waals surface area (Å²) in [7, 11) is -1.96. The Labute approximate surface area is 195 Å². The van der Waals surface area contributed by atoms with Crippen LogP contribution in [0.4, 0.5) is 0 Å². The third kappa shape index (κ3) is 4.92. The molecule has 4 rings (SSSR count). The van der Waals surface area contributed by atoms with Gasteiger partial charge in [-0.2, -0.15) is 9.29 Å². The second kappa shape index (κ2) is 9.51. The maximum absolute atomic E-state index is 13.0. The van der Waals surface area contributed by atoms with Crippen molar-refractivity contribution >= 4 is 31.9 Å². The molecule has 3 aromatic rings. The van der Waals surface area contributed by atoms with E-state index < -0.39 is 15.9 Å². The average molecular weight is 519 g/mol. The molecule has 0 bridgehead atoms. The van der Waals surface area contributed by atoms with E-state index in [0.717, 1.165) is 10.0 Å². The number of carbonyl (C=O) groups is 1. The fourth-order valence-electron chi connectivity index (χ4n) is 3.76. The monoisotopic (exact) mass is 518 g/mol. The zero-order valence-corrected chi connectivity index (χ0v) is 19.9. The molecule has 0 saturated carbocycles. The van der Waals surface area contributed by atoms with Gasteiger partial charge in [-0.25, -0.2) is 8.42 Å². The summed E-state index contributed by atoms with van der Waals surface area (Å²) in [5.74, 6) is 0.209. The number of amides is 1. The number of aromatic nitrogens is 2. The van der Waals surface area contributed by atoms with Crippen molar-refractivity contribution in [1.82, 2.24) is 19.3 Å². The Kier molecular flexibility index (Phi) is 6.73. The lowest BCUT2D eigenvalue weighted by molar-refractivity contribution is -0.136.